The lowest BCUT2D eigenvalue weighted by atomic mass is 10.1. The van der Waals surface area contributed by atoms with E-state index in [1.807, 2.05) is 6.92 Å². The van der Waals surface area contributed by atoms with Crippen molar-refractivity contribution < 1.29 is 10.2 Å². The molecule has 3 nitrogen and oxygen atoms in total. The molecule has 0 heterocycles. The first-order valence-electron chi connectivity index (χ1n) is 3.69. The lowest BCUT2D eigenvalue weighted by Gasteiger charge is -2.22. The maximum atomic E-state index is 9.16. The quantitative estimate of drug-likeness (QED) is 0.475. The normalized spacial score (nSPS) is 18.5. The molecule has 0 saturated heterocycles. The number of terminal acetylenes is 1. The molecule has 0 aromatic rings. The van der Waals surface area contributed by atoms with Gasteiger partial charge in [-0.05, 0) is 13.5 Å². The Kier molecular flexibility index (Phi) is 4.88. The van der Waals surface area contributed by atoms with Crippen LogP contribution in [-0.4, -0.2) is 35.0 Å². The van der Waals surface area contributed by atoms with Gasteiger partial charge in [-0.15, -0.1) is 6.42 Å². The maximum Gasteiger partial charge on any atom is 0.132 e. The summed E-state index contributed by atoms with van der Waals surface area (Å²) in [5, 5.41) is 21.2. The molecule has 0 aliphatic heterocycles. The highest BCUT2D eigenvalue weighted by Gasteiger charge is 2.20. The van der Waals surface area contributed by atoms with Crippen LogP contribution in [0.5, 0.6) is 0 Å². The van der Waals surface area contributed by atoms with Crippen molar-refractivity contribution >= 4 is 0 Å². The van der Waals surface area contributed by atoms with E-state index in [9.17, 15) is 0 Å². The molecule has 11 heavy (non-hydrogen) atoms. The molecule has 3 atom stereocenters. The Morgan fingerprint density at radius 2 is 2.09 bits per heavy atom. The molecular formula is C8H15NO2. The summed E-state index contributed by atoms with van der Waals surface area (Å²) < 4.78 is 0. The van der Waals surface area contributed by atoms with Gasteiger partial charge in [0, 0.05) is 0 Å². The summed E-state index contributed by atoms with van der Waals surface area (Å²) in [7, 11) is 0. The Labute approximate surface area is 67.4 Å². The van der Waals surface area contributed by atoms with Crippen molar-refractivity contribution in [2.24, 2.45) is 0 Å². The number of rotatable bonds is 4. The van der Waals surface area contributed by atoms with E-state index in [-0.39, 0.29) is 0 Å². The van der Waals surface area contributed by atoms with Gasteiger partial charge in [0.25, 0.3) is 0 Å². The van der Waals surface area contributed by atoms with Crippen LogP contribution < -0.4 is 5.32 Å². The number of likely N-dealkylation sites (N-methyl/N-ethyl adjacent to an activating group) is 1. The monoisotopic (exact) mass is 157 g/mol. The summed E-state index contributed by atoms with van der Waals surface area (Å²) in [6, 6.07) is -0.426. The Morgan fingerprint density at radius 1 is 1.55 bits per heavy atom. The van der Waals surface area contributed by atoms with Crippen molar-refractivity contribution in [3.05, 3.63) is 0 Å². The molecule has 0 amide bonds. The van der Waals surface area contributed by atoms with E-state index in [2.05, 4.69) is 11.2 Å². The van der Waals surface area contributed by atoms with Crippen LogP contribution in [0.15, 0.2) is 0 Å². The van der Waals surface area contributed by atoms with Gasteiger partial charge in [0.15, 0.2) is 0 Å². The standard InChI is InChI=1S/C8H15NO2/c1-4-7(11)8(6(3)10)9-5-2/h1,6-11H,5H2,2-3H3/t6-,7-,8+/m1/s1. The molecule has 0 saturated carbocycles. The predicted molar refractivity (Wildman–Crippen MR) is 44.0 cm³/mol. The van der Waals surface area contributed by atoms with E-state index < -0.39 is 18.2 Å². The Balaban J connectivity index is 4.00. The molecule has 0 aliphatic rings. The van der Waals surface area contributed by atoms with Gasteiger partial charge in [-0.1, -0.05) is 12.8 Å². The summed E-state index contributed by atoms with van der Waals surface area (Å²) in [6.07, 6.45) is 3.43. The van der Waals surface area contributed by atoms with Gasteiger partial charge in [-0.2, -0.15) is 0 Å². The first kappa shape index (κ1) is 10.4. The zero-order valence-electron chi connectivity index (χ0n) is 6.91. The highest BCUT2D eigenvalue weighted by Crippen LogP contribution is 1.98. The largest absolute Gasteiger partial charge is 0.392 e. The first-order valence-corrected chi connectivity index (χ1v) is 3.69. The average Bonchev–Trinajstić information content (AvgIpc) is 1.98. The summed E-state index contributed by atoms with van der Waals surface area (Å²) >= 11 is 0. The van der Waals surface area contributed by atoms with Gasteiger partial charge in [0.05, 0.1) is 12.1 Å². The van der Waals surface area contributed by atoms with Crippen molar-refractivity contribution in [2.45, 2.75) is 32.1 Å². The number of aliphatic hydroxyl groups excluding tert-OH is 2. The minimum absolute atomic E-state index is 0.426. The Bertz CT molecular complexity index is 140. The van der Waals surface area contributed by atoms with Crippen LogP contribution in [0.1, 0.15) is 13.8 Å². The van der Waals surface area contributed by atoms with Crippen LogP contribution in [-0.2, 0) is 0 Å². The molecule has 64 valence electrons. The average molecular weight is 157 g/mol. The third-order valence-electron chi connectivity index (χ3n) is 1.47. The first-order chi connectivity index (χ1) is 5.13. The van der Waals surface area contributed by atoms with Crippen LogP contribution in [0.3, 0.4) is 0 Å². The van der Waals surface area contributed by atoms with Crippen LogP contribution in [0, 0.1) is 12.3 Å². The van der Waals surface area contributed by atoms with E-state index in [4.69, 9.17) is 16.6 Å². The Hall–Kier alpha value is -0.560. The van der Waals surface area contributed by atoms with Crippen molar-refractivity contribution in [3.63, 3.8) is 0 Å². The van der Waals surface area contributed by atoms with Crippen LogP contribution in [0.4, 0.5) is 0 Å². The second-order valence-corrected chi connectivity index (χ2v) is 2.44. The highest BCUT2D eigenvalue weighted by molar-refractivity contribution is 5.01. The fourth-order valence-corrected chi connectivity index (χ4v) is 0.885. The van der Waals surface area contributed by atoms with E-state index in [1.54, 1.807) is 6.92 Å². The van der Waals surface area contributed by atoms with Crippen LogP contribution in [0.2, 0.25) is 0 Å². The zero-order valence-corrected chi connectivity index (χ0v) is 6.91. The molecule has 3 heteroatoms. The molecule has 0 bridgehead atoms. The summed E-state index contributed by atoms with van der Waals surface area (Å²) in [5.41, 5.74) is 0. The third kappa shape index (κ3) is 3.38. The highest BCUT2D eigenvalue weighted by atomic mass is 16.3. The predicted octanol–water partition coefficient (Wildman–Crippen LogP) is -0.661. The molecule has 0 unspecified atom stereocenters. The molecule has 0 aliphatic carbocycles. The fraction of sp³-hybridized carbons (Fsp3) is 0.750. The van der Waals surface area contributed by atoms with Crippen molar-refractivity contribution in [2.75, 3.05) is 6.54 Å². The van der Waals surface area contributed by atoms with Gasteiger partial charge in [-0.3, -0.25) is 0 Å². The van der Waals surface area contributed by atoms with E-state index in [0.29, 0.717) is 6.54 Å². The molecule has 0 aromatic carbocycles. The fourth-order valence-electron chi connectivity index (χ4n) is 0.885. The molecule has 0 radical (unpaired) electrons. The van der Waals surface area contributed by atoms with Crippen LogP contribution >= 0.6 is 0 Å². The van der Waals surface area contributed by atoms with Crippen molar-refractivity contribution in [1.29, 1.82) is 0 Å². The van der Waals surface area contributed by atoms with E-state index in [0.717, 1.165) is 0 Å². The molecular weight excluding hydrogens is 142 g/mol. The van der Waals surface area contributed by atoms with E-state index >= 15 is 0 Å². The zero-order chi connectivity index (χ0) is 8.85. The minimum atomic E-state index is -0.921. The molecule has 0 spiro atoms. The molecule has 0 fully saturated rings. The SMILES string of the molecule is C#C[C@@H](O)[C@@H](NCC)[C@@H](C)O. The summed E-state index contributed by atoms with van der Waals surface area (Å²) in [4.78, 5) is 0. The topological polar surface area (TPSA) is 52.5 Å². The van der Waals surface area contributed by atoms with Gasteiger partial charge >= 0.3 is 0 Å². The lowest BCUT2D eigenvalue weighted by Crippen LogP contribution is -2.46. The number of hydrogen-bond acceptors (Lipinski definition) is 3. The number of aliphatic hydroxyl groups is 2. The summed E-state index contributed by atoms with van der Waals surface area (Å²) in [5.74, 6) is 2.16. The van der Waals surface area contributed by atoms with Crippen LogP contribution in [0.25, 0.3) is 0 Å². The second kappa shape index (κ2) is 5.14. The number of nitrogens with one attached hydrogen (secondary N) is 1. The van der Waals surface area contributed by atoms with Crippen molar-refractivity contribution in [1.82, 2.24) is 5.32 Å². The van der Waals surface area contributed by atoms with Crippen molar-refractivity contribution in [3.8, 4) is 12.3 Å². The molecule has 0 aromatic heterocycles. The molecule has 3 N–H and O–H groups in total. The van der Waals surface area contributed by atoms with Gasteiger partial charge < -0.3 is 15.5 Å². The lowest BCUT2D eigenvalue weighted by molar-refractivity contribution is 0.0764. The minimum Gasteiger partial charge on any atom is -0.392 e. The van der Waals surface area contributed by atoms with Gasteiger partial charge in [0.1, 0.15) is 6.10 Å². The number of hydrogen-bond donors (Lipinski definition) is 3. The summed E-state index contributed by atoms with van der Waals surface area (Å²) in [6.45, 7) is 4.15. The second-order valence-electron chi connectivity index (χ2n) is 2.44. The van der Waals surface area contributed by atoms with E-state index in [1.165, 1.54) is 0 Å². The van der Waals surface area contributed by atoms with Gasteiger partial charge in [0.2, 0.25) is 0 Å². The Morgan fingerprint density at radius 3 is 2.36 bits per heavy atom. The molecule has 0 rings (SSSR count). The third-order valence-corrected chi connectivity index (χ3v) is 1.47. The smallest absolute Gasteiger partial charge is 0.132 e. The van der Waals surface area contributed by atoms with Gasteiger partial charge in [-0.25, -0.2) is 0 Å². The maximum absolute atomic E-state index is 9.16.